The first kappa shape index (κ1) is 20.2. The normalized spacial score (nSPS) is 19.2. The van der Waals surface area contributed by atoms with Gasteiger partial charge in [-0.3, -0.25) is 4.90 Å². The minimum absolute atomic E-state index is 0.846. The number of nitrogens with zero attached hydrogens (tertiary/aromatic N) is 1. The molecule has 1 aliphatic rings. The van der Waals surface area contributed by atoms with Gasteiger partial charge in [0.25, 0.3) is 0 Å². The van der Waals surface area contributed by atoms with Gasteiger partial charge in [-0.05, 0) is 37.8 Å². The molecule has 0 aliphatic carbocycles. The molecule has 0 N–H and O–H groups in total. The van der Waals surface area contributed by atoms with Crippen LogP contribution in [0.15, 0.2) is 49.6 Å². The first-order valence-corrected chi connectivity index (χ1v) is 7.41. The zero-order valence-corrected chi connectivity index (χ0v) is 13.5. The van der Waals surface area contributed by atoms with Gasteiger partial charge in [0.2, 0.25) is 0 Å². The Bertz CT molecular complexity index is 263. The molecule has 1 rings (SSSR count). The average Bonchev–Trinajstić information content (AvgIpc) is 2.41. The second-order valence-electron chi connectivity index (χ2n) is 4.57. The highest BCUT2D eigenvalue weighted by Crippen LogP contribution is 2.16. The standard InChI is InChI=1S/C13H21N.C3H6.C2H6/c1-4-7-13(5-2)11-14-9-6-8-12(3)10-14;1-3-2;1-2/h4-5,7,12H,1-2,6,8-11H2,3H3;3H,1H2,2H3;1-2H3/b13-7+;;. The molecule has 1 atom stereocenters. The van der Waals surface area contributed by atoms with Crippen molar-refractivity contribution in [2.24, 2.45) is 5.92 Å². The van der Waals surface area contributed by atoms with Crippen molar-refractivity contribution >= 4 is 0 Å². The van der Waals surface area contributed by atoms with E-state index in [4.69, 9.17) is 0 Å². The molecule has 1 fully saturated rings. The predicted molar refractivity (Wildman–Crippen MR) is 90.5 cm³/mol. The predicted octanol–water partition coefficient (Wildman–Crippen LogP) is 5.24. The van der Waals surface area contributed by atoms with Crippen LogP contribution in [0.1, 0.15) is 40.5 Å². The van der Waals surface area contributed by atoms with Gasteiger partial charge >= 0.3 is 0 Å². The number of hydrogen-bond donors (Lipinski definition) is 0. The van der Waals surface area contributed by atoms with Crippen LogP contribution in [0.5, 0.6) is 0 Å². The molecule has 0 saturated carbocycles. The van der Waals surface area contributed by atoms with Crippen LogP contribution < -0.4 is 0 Å². The molecular formula is C18H33N. The molecule has 1 heterocycles. The molecule has 110 valence electrons. The summed E-state index contributed by atoms with van der Waals surface area (Å²) < 4.78 is 0. The molecule has 1 heteroatoms. The van der Waals surface area contributed by atoms with Crippen LogP contribution in [0.3, 0.4) is 0 Å². The Morgan fingerprint density at radius 3 is 2.26 bits per heavy atom. The van der Waals surface area contributed by atoms with E-state index >= 15 is 0 Å². The molecule has 0 aromatic rings. The highest BCUT2D eigenvalue weighted by molar-refractivity contribution is 5.22. The molecule has 19 heavy (non-hydrogen) atoms. The molecule has 1 saturated heterocycles. The average molecular weight is 263 g/mol. The smallest absolute Gasteiger partial charge is 0.0233 e. The van der Waals surface area contributed by atoms with Gasteiger partial charge in [-0.25, -0.2) is 0 Å². The Balaban J connectivity index is 0. The van der Waals surface area contributed by atoms with Gasteiger partial charge in [0.1, 0.15) is 0 Å². The fourth-order valence-electron chi connectivity index (χ4n) is 2.03. The third-order valence-electron chi connectivity index (χ3n) is 2.74. The monoisotopic (exact) mass is 263 g/mol. The van der Waals surface area contributed by atoms with Crippen LogP contribution in [-0.4, -0.2) is 24.5 Å². The van der Waals surface area contributed by atoms with Crippen molar-refractivity contribution in [2.75, 3.05) is 19.6 Å². The second kappa shape index (κ2) is 15.0. The number of likely N-dealkylation sites (tertiary alicyclic amines) is 1. The van der Waals surface area contributed by atoms with E-state index in [0.29, 0.717) is 0 Å². The molecule has 0 aromatic carbocycles. The van der Waals surface area contributed by atoms with Gasteiger partial charge in [0.15, 0.2) is 0 Å². The lowest BCUT2D eigenvalue weighted by Gasteiger charge is -2.31. The number of allylic oxidation sites excluding steroid dienone is 3. The third-order valence-corrected chi connectivity index (χ3v) is 2.74. The number of piperidine rings is 1. The molecule has 0 amide bonds. The van der Waals surface area contributed by atoms with Crippen LogP contribution in [0.4, 0.5) is 0 Å². The van der Waals surface area contributed by atoms with E-state index in [2.05, 4.69) is 31.6 Å². The van der Waals surface area contributed by atoms with Crippen molar-refractivity contribution in [2.45, 2.75) is 40.5 Å². The van der Waals surface area contributed by atoms with Crippen LogP contribution in [-0.2, 0) is 0 Å². The van der Waals surface area contributed by atoms with Gasteiger partial charge in [0, 0.05) is 13.1 Å². The van der Waals surface area contributed by atoms with Crippen molar-refractivity contribution in [1.29, 1.82) is 0 Å². The summed E-state index contributed by atoms with van der Waals surface area (Å²) in [6.45, 7) is 22.6. The third kappa shape index (κ3) is 11.7. The van der Waals surface area contributed by atoms with Crippen LogP contribution in [0, 0.1) is 5.92 Å². The highest BCUT2D eigenvalue weighted by Gasteiger charge is 2.15. The zero-order chi connectivity index (χ0) is 15.1. The van der Waals surface area contributed by atoms with Crippen molar-refractivity contribution in [3.05, 3.63) is 49.6 Å². The minimum Gasteiger partial charge on any atom is -0.299 e. The van der Waals surface area contributed by atoms with Crippen LogP contribution in [0.2, 0.25) is 0 Å². The van der Waals surface area contributed by atoms with Gasteiger partial charge in [-0.15, -0.1) is 6.58 Å². The molecule has 0 aromatic heterocycles. The lowest BCUT2D eigenvalue weighted by atomic mass is 10.00. The molecule has 1 aliphatic heterocycles. The Labute approximate surface area is 121 Å². The molecule has 1 unspecified atom stereocenters. The summed E-state index contributed by atoms with van der Waals surface area (Å²) in [5.41, 5.74) is 1.27. The maximum Gasteiger partial charge on any atom is 0.0233 e. The second-order valence-corrected chi connectivity index (χ2v) is 4.57. The van der Waals surface area contributed by atoms with Gasteiger partial charge < -0.3 is 0 Å². The Kier molecular flexibility index (Phi) is 16.0. The summed E-state index contributed by atoms with van der Waals surface area (Å²) in [5.74, 6) is 0.846. The Morgan fingerprint density at radius 1 is 1.26 bits per heavy atom. The molecule has 0 bridgehead atoms. The van der Waals surface area contributed by atoms with Crippen molar-refractivity contribution in [3.8, 4) is 0 Å². The summed E-state index contributed by atoms with van der Waals surface area (Å²) in [4.78, 5) is 2.51. The van der Waals surface area contributed by atoms with E-state index in [0.717, 1.165) is 12.5 Å². The fourth-order valence-corrected chi connectivity index (χ4v) is 2.03. The quantitative estimate of drug-likeness (QED) is 0.495. The van der Waals surface area contributed by atoms with E-state index < -0.39 is 0 Å². The fraction of sp³-hybridized carbons (Fsp3) is 0.556. The van der Waals surface area contributed by atoms with E-state index in [1.54, 1.807) is 6.08 Å². The van der Waals surface area contributed by atoms with Crippen LogP contribution in [0.25, 0.3) is 0 Å². The number of rotatable bonds is 4. The van der Waals surface area contributed by atoms with E-state index in [-0.39, 0.29) is 0 Å². The first-order chi connectivity index (χ1) is 9.17. The van der Waals surface area contributed by atoms with E-state index in [1.165, 1.54) is 31.5 Å². The summed E-state index contributed by atoms with van der Waals surface area (Å²) in [6, 6.07) is 0. The highest BCUT2D eigenvalue weighted by atomic mass is 15.1. The topological polar surface area (TPSA) is 3.24 Å². The molecular weight excluding hydrogens is 230 g/mol. The maximum absolute atomic E-state index is 3.82. The summed E-state index contributed by atoms with van der Waals surface area (Å²) in [7, 11) is 0. The number of hydrogen-bond acceptors (Lipinski definition) is 1. The largest absolute Gasteiger partial charge is 0.299 e. The molecule has 0 spiro atoms. The Morgan fingerprint density at radius 2 is 1.84 bits per heavy atom. The van der Waals surface area contributed by atoms with Crippen molar-refractivity contribution in [3.63, 3.8) is 0 Å². The molecule has 1 nitrogen and oxygen atoms in total. The van der Waals surface area contributed by atoms with E-state index in [1.807, 2.05) is 39.0 Å². The minimum atomic E-state index is 0.846. The zero-order valence-electron chi connectivity index (χ0n) is 13.5. The summed E-state index contributed by atoms with van der Waals surface area (Å²) >= 11 is 0. The van der Waals surface area contributed by atoms with Gasteiger partial charge in [-0.2, -0.15) is 0 Å². The lowest BCUT2D eigenvalue weighted by molar-refractivity contribution is 0.199. The van der Waals surface area contributed by atoms with Gasteiger partial charge in [-0.1, -0.05) is 58.2 Å². The Hall–Kier alpha value is -1.08. The van der Waals surface area contributed by atoms with Crippen molar-refractivity contribution < 1.29 is 0 Å². The first-order valence-electron chi connectivity index (χ1n) is 7.41. The van der Waals surface area contributed by atoms with Crippen LogP contribution >= 0.6 is 0 Å². The SMILES string of the molecule is C=C/C=C(\C=C)CN1CCCC(C)C1.C=CC.CC. The lowest BCUT2D eigenvalue weighted by Crippen LogP contribution is -2.35. The van der Waals surface area contributed by atoms with Crippen molar-refractivity contribution in [1.82, 2.24) is 4.90 Å². The summed E-state index contributed by atoms with van der Waals surface area (Å²) in [6.07, 6.45) is 10.3. The van der Waals surface area contributed by atoms with Gasteiger partial charge in [0.05, 0.1) is 0 Å². The van der Waals surface area contributed by atoms with E-state index in [9.17, 15) is 0 Å². The maximum atomic E-state index is 3.82. The summed E-state index contributed by atoms with van der Waals surface area (Å²) in [5, 5.41) is 0. The molecule has 0 radical (unpaired) electrons.